The van der Waals surface area contributed by atoms with E-state index in [1.165, 1.54) is 0 Å². The molecule has 0 saturated carbocycles. The average molecular weight is 227 g/mol. The van der Waals surface area contributed by atoms with Crippen LogP contribution in [0.5, 0.6) is 0 Å². The molecule has 0 radical (unpaired) electrons. The van der Waals surface area contributed by atoms with Gasteiger partial charge in [-0.15, -0.1) is 0 Å². The molecule has 0 N–H and O–H groups in total. The van der Waals surface area contributed by atoms with Gasteiger partial charge in [0, 0.05) is 0 Å². The van der Waals surface area contributed by atoms with E-state index in [1.54, 1.807) is 0 Å². The highest BCUT2D eigenvalue weighted by Crippen LogP contribution is 2.34. The third-order valence-electron chi connectivity index (χ3n) is 1.50. The number of rotatable bonds is 1. The zero-order chi connectivity index (χ0) is 10.9. The van der Waals surface area contributed by atoms with Crippen molar-refractivity contribution >= 4 is 17.6 Å². The lowest BCUT2D eigenvalue weighted by atomic mass is 10.1. The minimum Gasteiger partial charge on any atom is -0.255 e. The van der Waals surface area contributed by atoms with E-state index in [-0.39, 0.29) is 0 Å². The lowest BCUT2D eigenvalue weighted by molar-refractivity contribution is -0.137. The van der Waals surface area contributed by atoms with Crippen LogP contribution in [0.2, 0.25) is 5.02 Å². The van der Waals surface area contributed by atoms with Crippen molar-refractivity contribution in [1.29, 1.82) is 0 Å². The molecule has 0 fully saturated rings. The molecule has 76 valence electrons. The number of carbonyl (C=O) groups is 1. The molecule has 0 saturated heterocycles. The van der Waals surface area contributed by atoms with Gasteiger partial charge in [0.2, 0.25) is 0 Å². The predicted octanol–water partition coefficient (Wildman–Crippen LogP) is 3.47. The van der Waals surface area contributed by atoms with Crippen LogP contribution in [0, 0.1) is 0 Å². The summed E-state index contributed by atoms with van der Waals surface area (Å²) in [6, 6.07) is 0.124. The van der Waals surface area contributed by atoms with Crippen molar-refractivity contribution in [2.75, 3.05) is 0 Å². The number of alkyl halides is 3. The first-order chi connectivity index (χ1) is 6.32. The van der Waals surface area contributed by atoms with E-state index in [9.17, 15) is 22.4 Å². The minimum absolute atomic E-state index is 0.497. The summed E-state index contributed by atoms with van der Waals surface area (Å²) < 4.78 is 48.4. The fraction of sp³-hybridized carbons (Fsp3) is 0.125. The van der Waals surface area contributed by atoms with Crippen molar-refractivity contribution in [2.24, 2.45) is 0 Å². The second-order valence-electron chi connectivity index (χ2n) is 2.47. The molecule has 14 heavy (non-hydrogen) atoms. The highest BCUT2D eigenvalue weighted by atomic mass is 35.5. The summed E-state index contributed by atoms with van der Waals surface area (Å²) in [6.07, 6.45) is -4.60. The fourth-order valence-electron chi connectivity index (χ4n) is 0.867. The monoisotopic (exact) mass is 226 g/mol. The molecule has 0 heterocycles. The van der Waals surface area contributed by atoms with Crippen LogP contribution in [0.15, 0.2) is 18.2 Å². The molecule has 1 nitrogen and oxygen atoms in total. The van der Waals surface area contributed by atoms with Gasteiger partial charge in [-0.1, -0.05) is 11.6 Å². The van der Waals surface area contributed by atoms with Crippen LogP contribution in [0.25, 0.3) is 0 Å². The second-order valence-corrected chi connectivity index (χ2v) is 2.87. The molecule has 6 heteroatoms. The number of carbonyl (C=O) groups excluding carboxylic acids is 1. The third-order valence-corrected chi connectivity index (χ3v) is 1.81. The van der Waals surface area contributed by atoms with Crippen molar-refractivity contribution in [1.82, 2.24) is 0 Å². The highest BCUT2D eigenvalue weighted by Gasteiger charge is 2.33. The summed E-state index contributed by atoms with van der Waals surface area (Å²) >= 11 is 5.22. The standard InChI is InChI=1S/C8H3ClF4O/c9-6-3-4(7(10)14)1-2-5(6)8(11,12)13/h1-3H. The average Bonchev–Trinajstić information content (AvgIpc) is 2.01. The van der Waals surface area contributed by atoms with E-state index in [4.69, 9.17) is 11.6 Å². The Balaban J connectivity index is 3.21. The van der Waals surface area contributed by atoms with Gasteiger partial charge in [0.05, 0.1) is 16.1 Å². The summed E-state index contributed by atoms with van der Waals surface area (Å²) in [5, 5.41) is -0.694. The van der Waals surface area contributed by atoms with E-state index >= 15 is 0 Å². The predicted molar refractivity (Wildman–Crippen MR) is 41.9 cm³/mol. The Labute approximate surface area is 81.3 Å². The molecule has 0 amide bonds. The summed E-state index contributed by atoms with van der Waals surface area (Å²) in [4.78, 5) is 10.2. The quantitative estimate of drug-likeness (QED) is 0.529. The van der Waals surface area contributed by atoms with Crippen molar-refractivity contribution in [3.8, 4) is 0 Å². The molecule has 0 unspecified atom stereocenters. The van der Waals surface area contributed by atoms with Crippen LogP contribution in [0.3, 0.4) is 0 Å². The first kappa shape index (κ1) is 11.0. The zero-order valence-electron chi connectivity index (χ0n) is 6.53. The minimum atomic E-state index is -4.60. The summed E-state index contributed by atoms with van der Waals surface area (Å²) in [7, 11) is 0. The normalized spacial score (nSPS) is 11.5. The first-order valence-corrected chi connectivity index (χ1v) is 3.77. The van der Waals surface area contributed by atoms with E-state index in [0.717, 1.165) is 6.07 Å². The second kappa shape index (κ2) is 3.57. The number of hydrogen-bond donors (Lipinski definition) is 0. The van der Waals surface area contributed by atoms with Gasteiger partial charge < -0.3 is 0 Å². The third kappa shape index (κ3) is 2.23. The summed E-state index contributed by atoms with van der Waals surface area (Å²) in [6.45, 7) is 0. The molecule has 1 aromatic rings. The highest BCUT2D eigenvalue weighted by molar-refractivity contribution is 6.31. The van der Waals surface area contributed by atoms with Gasteiger partial charge in [0.25, 0.3) is 0 Å². The molecule has 0 aliphatic carbocycles. The smallest absolute Gasteiger partial charge is 0.255 e. The largest absolute Gasteiger partial charge is 0.417 e. The van der Waals surface area contributed by atoms with E-state index in [1.807, 2.05) is 0 Å². The summed E-state index contributed by atoms with van der Waals surface area (Å²) in [5.74, 6) is 0. The molecular weight excluding hydrogens is 224 g/mol. The van der Waals surface area contributed by atoms with E-state index in [0.29, 0.717) is 12.1 Å². The molecule has 1 rings (SSSR count). The van der Waals surface area contributed by atoms with Gasteiger partial charge in [-0.05, 0) is 18.2 Å². The Kier molecular flexibility index (Phi) is 2.80. The van der Waals surface area contributed by atoms with Crippen molar-refractivity contribution in [2.45, 2.75) is 6.18 Å². The first-order valence-electron chi connectivity index (χ1n) is 3.39. The Bertz CT molecular complexity index is 372. The molecular formula is C8H3ClF4O. The molecule has 0 bridgehead atoms. The van der Waals surface area contributed by atoms with Gasteiger partial charge in [0.15, 0.2) is 0 Å². The van der Waals surface area contributed by atoms with Gasteiger partial charge in [-0.3, -0.25) is 4.79 Å². The number of hydrogen-bond acceptors (Lipinski definition) is 1. The Morgan fingerprint density at radius 3 is 2.21 bits per heavy atom. The van der Waals surface area contributed by atoms with Crippen LogP contribution >= 0.6 is 11.6 Å². The zero-order valence-corrected chi connectivity index (χ0v) is 7.29. The van der Waals surface area contributed by atoms with Gasteiger partial charge in [-0.2, -0.15) is 17.6 Å². The van der Waals surface area contributed by atoms with Crippen molar-refractivity contribution in [3.05, 3.63) is 34.3 Å². The van der Waals surface area contributed by atoms with Crippen molar-refractivity contribution < 1.29 is 22.4 Å². The van der Waals surface area contributed by atoms with E-state index in [2.05, 4.69) is 0 Å². The van der Waals surface area contributed by atoms with Crippen LogP contribution in [-0.2, 0) is 6.18 Å². The molecule has 1 aromatic carbocycles. The topological polar surface area (TPSA) is 17.1 Å². The van der Waals surface area contributed by atoms with E-state index < -0.39 is 28.4 Å². The van der Waals surface area contributed by atoms with Gasteiger partial charge in [0.1, 0.15) is 0 Å². The lowest BCUT2D eigenvalue weighted by Gasteiger charge is -2.08. The Morgan fingerprint density at radius 1 is 1.29 bits per heavy atom. The summed E-state index contributed by atoms with van der Waals surface area (Å²) in [5.41, 5.74) is -1.59. The number of benzene rings is 1. The molecule has 0 spiro atoms. The molecule has 0 aliphatic heterocycles. The molecule has 0 atom stereocenters. The Morgan fingerprint density at radius 2 is 1.86 bits per heavy atom. The SMILES string of the molecule is O=C(F)c1ccc(C(F)(F)F)c(Cl)c1. The van der Waals surface area contributed by atoms with Gasteiger partial charge >= 0.3 is 12.2 Å². The van der Waals surface area contributed by atoms with Crippen molar-refractivity contribution in [3.63, 3.8) is 0 Å². The number of halogens is 5. The molecule has 0 aromatic heterocycles. The molecule has 0 aliphatic rings. The van der Waals surface area contributed by atoms with Crippen LogP contribution < -0.4 is 0 Å². The van der Waals surface area contributed by atoms with Crippen LogP contribution in [-0.4, -0.2) is 6.04 Å². The van der Waals surface area contributed by atoms with Crippen LogP contribution in [0.4, 0.5) is 17.6 Å². The maximum absolute atomic E-state index is 12.1. The van der Waals surface area contributed by atoms with Crippen LogP contribution in [0.1, 0.15) is 15.9 Å². The maximum atomic E-state index is 12.1. The fourth-order valence-corrected chi connectivity index (χ4v) is 1.15. The van der Waals surface area contributed by atoms with Gasteiger partial charge in [-0.25, -0.2) is 0 Å². The Hall–Kier alpha value is -1.10. The lowest BCUT2D eigenvalue weighted by Crippen LogP contribution is -2.06. The maximum Gasteiger partial charge on any atom is 0.417 e.